The Morgan fingerprint density at radius 3 is 2.21 bits per heavy atom. The summed E-state index contributed by atoms with van der Waals surface area (Å²) in [6.45, 7) is 0.282. The average molecular weight is 355 g/mol. The molecule has 0 bridgehead atoms. The molecule has 98 valence electrons. The van der Waals surface area contributed by atoms with Crippen LogP contribution in [0.4, 0.5) is 0 Å². The van der Waals surface area contributed by atoms with Crippen molar-refractivity contribution in [3.63, 3.8) is 0 Å². The number of rotatable bonds is 4. The molecule has 0 radical (unpaired) electrons. The van der Waals surface area contributed by atoms with Gasteiger partial charge in [-0.3, -0.25) is 0 Å². The molecule has 0 unspecified atom stereocenters. The molecular weight excluding hydrogens is 343 g/mol. The van der Waals surface area contributed by atoms with Crippen LogP contribution in [0.3, 0.4) is 0 Å². The molecule has 0 aliphatic heterocycles. The molecule has 19 heavy (non-hydrogen) atoms. The van der Waals surface area contributed by atoms with Crippen LogP contribution in [-0.2, 0) is 13.2 Å². The Morgan fingerprint density at radius 1 is 0.789 bits per heavy atom. The molecule has 0 fully saturated rings. The molecule has 3 aromatic heterocycles. The normalized spacial score (nSPS) is 11.1. The summed E-state index contributed by atoms with van der Waals surface area (Å²) in [5.41, 5.74) is 0. The van der Waals surface area contributed by atoms with E-state index in [4.69, 9.17) is 10.2 Å². The number of hydrogen-bond donors (Lipinski definition) is 2. The van der Waals surface area contributed by atoms with E-state index >= 15 is 0 Å². The molecule has 0 aliphatic rings. The fraction of sp³-hybridized carbons (Fsp3) is 0.143. The Labute approximate surface area is 125 Å². The summed E-state index contributed by atoms with van der Waals surface area (Å²) >= 11 is 3.69. The molecule has 2 nitrogen and oxygen atoms in total. The van der Waals surface area contributed by atoms with E-state index in [0.717, 1.165) is 9.31 Å². The molecule has 2 N–H and O–H groups in total. The van der Waals surface area contributed by atoms with E-state index in [1.54, 1.807) is 22.7 Å². The van der Waals surface area contributed by atoms with Crippen LogP contribution in [0.15, 0.2) is 36.4 Å². The second kappa shape index (κ2) is 5.75. The van der Waals surface area contributed by atoms with Crippen molar-refractivity contribution in [1.82, 2.24) is 0 Å². The molecule has 0 amide bonds. The van der Waals surface area contributed by atoms with Gasteiger partial charge in [0.1, 0.15) is 0 Å². The summed E-state index contributed by atoms with van der Waals surface area (Å²) in [5.74, 6) is 0. The van der Waals surface area contributed by atoms with Gasteiger partial charge in [-0.1, -0.05) is 0 Å². The van der Waals surface area contributed by atoms with Gasteiger partial charge in [-0.25, -0.2) is 0 Å². The molecule has 3 rings (SSSR count). The van der Waals surface area contributed by atoms with E-state index in [2.05, 4.69) is 24.3 Å². The van der Waals surface area contributed by atoms with Gasteiger partial charge in [0.15, 0.2) is 0 Å². The minimum absolute atomic E-state index is 0.112. The molecular formula is C14H12O2S2Se. The second-order valence-electron chi connectivity index (χ2n) is 4.01. The summed E-state index contributed by atoms with van der Waals surface area (Å²) in [6, 6.07) is 12.5. The first-order valence-electron chi connectivity index (χ1n) is 5.80. The third kappa shape index (κ3) is 2.77. The van der Waals surface area contributed by atoms with Gasteiger partial charge in [0, 0.05) is 0 Å². The van der Waals surface area contributed by atoms with Gasteiger partial charge in [0.25, 0.3) is 0 Å². The quantitative estimate of drug-likeness (QED) is 0.706. The number of hydrogen-bond acceptors (Lipinski definition) is 4. The molecule has 3 aromatic rings. The van der Waals surface area contributed by atoms with Crippen LogP contribution in [-0.4, -0.2) is 24.7 Å². The summed E-state index contributed by atoms with van der Waals surface area (Å²) in [6.07, 6.45) is 0. The van der Waals surface area contributed by atoms with Crippen molar-refractivity contribution < 1.29 is 10.2 Å². The standard InChI is InChI=1S/C14H12O2S2Se/c15-7-9-1-3-11(17-9)12-4-5-13(18-12)14-6-2-10(8-16)19-14/h1-6,15-16H,7-8H2. The molecule has 0 aliphatic carbocycles. The fourth-order valence-corrected chi connectivity index (χ4v) is 5.81. The Kier molecular flexibility index (Phi) is 4.03. The first-order chi connectivity index (χ1) is 9.30. The van der Waals surface area contributed by atoms with Gasteiger partial charge >= 0.3 is 125 Å². The molecule has 3 heterocycles. The van der Waals surface area contributed by atoms with E-state index in [1.807, 2.05) is 12.1 Å². The Balaban J connectivity index is 1.90. The van der Waals surface area contributed by atoms with Gasteiger partial charge in [0.05, 0.1) is 0 Å². The van der Waals surface area contributed by atoms with E-state index in [9.17, 15) is 0 Å². The maximum absolute atomic E-state index is 9.14. The van der Waals surface area contributed by atoms with Crippen molar-refractivity contribution in [2.24, 2.45) is 0 Å². The van der Waals surface area contributed by atoms with Crippen LogP contribution in [0.5, 0.6) is 0 Å². The van der Waals surface area contributed by atoms with Gasteiger partial charge in [-0.15, -0.1) is 0 Å². The van der Waals surface area contributed by atoms with Crippen molar-refractivity contribution >= 4 is 37.2 Å². The number of aliphatic hydroxyl groups excluding tert-OH is 2. The summed E-state index contributed by atoms with van der Waals surface area (Å²) in [7, 11) is 0. The topological polar surface area (TPSA) is 40.5 Å². The maximum atomic E-state index is 9.14. The van der Waals surface area contributed by atoms with Crippen molar-refractivity contribution in [2.75, 3.05) is 0 Å². The Bertz CT molecular complexity index is 624. The SMILES string of the molecule is OCc1ccc(-c2ccc(-c3ccc(CO)[se]3)s2)s1. The summed E-state index contributed by atoms with van der Waals surface area (Å²) in [4.78, 5) is 4.74. The Hall–Kier alpha value is -0.681. The van der Waals surface area contributed by atoms with Crippen LogP contribution in [0.2, 0.25) is 0 Å². The number of thiophene rings is 2. The zero-order valence-electron chi connectivity index (χ0n) is 10.00. The fourth-order valence-electron chi connectivity index (χ4n) is 1.79. The van der Waals surface area contributed by atoms with Gasteiger partial charge in [0.2, 0.25) is 0 Å². The predicted molar refractivity (Wildman–Crippen MR) is 81.9 cm³/mol. The van der Waals surface area contributed by atoms with E-state index < -0.39 is 0 Å². The summed E-state index contributed by atoms with van der Waals surface area (Å²) < 4.78 is 2.47. The van der Waals surface area contributed by atoms with Gasteiger partial charge < -0.3 is 0 Å². The zero-order valence-corrected chi connectivity index (χ0v) is 13.3. The van der Waals surface area contributed by atoms with Crippen LogP contribution in [0.1, 0.15) is 9.31 Å². The minimum atomic E-state index is 0.112. The monoisotopic (exact) mass is 356 g/mol. The Morgan fingerprint density at radius 2 is 1.53 bits per heavy atom. The first kappa shape index (κ1) is 13.3. The van der Waals surface area contributed by atoms with Crippen LogP contribution < -0.4 is 0 Å². The van der Waals surface area contributed by atoms with Crippen LogP contribution in [0, 0.1) is 0 Å². The molecule has 5 heteroatoms. The van der Waals surface area contributed by atoms with Crippen LogP contribution >= 0.6 is 22.7 Å². The van der Waals surface area contributed by atoms with Crippen molar-refractivity contribution in [3.8, 4) is 19.1 Å². The third-order valence-electron chi connectivity index (χ3n) is 2.73. The van der Waals surface area contributed by atoms with Gasteiger partial charge in [-0.05, 0) is 0 Å². The third-order valence-corrected chi connectivity index (χ3v) is 7.72. The molecule has 0 aromatic carbocycles. The van der Waals surface area contributed by atoms with E-state index in [0.29, 0.717) is 0 Å². The van der Waals surface area contributed by atoms with Crippen molar-refractivity contribution in [2.45, 2.75) is 13.2 Å². The average Bonchev–Trinajstić information content (AvgIpc) is 3.16. The second-order valence-corrected chi connectivity index (χ2v) is 8.72. The van der Waals surface area contributed by atoms with Crippen molar-refractivity contribution in [3.05, 3.63) is 45.7 Å². The van der Waals surface area contributed by atoms with E-state index in [-0.39, 0.29) is 27.7 Å². The van der Waals surface area contributed by atoms with E-state index in [1.165, 1.54) is 19.1 Å². The van der Waals surface area contributed by atoms with Gasteiger partial charge in [-0.2, -0.15) is 0 Å². The molecule has 0 saturated carbocycles. The molecule has 0 spiro atoms. The van der Waals surface area contributed by atoms with Crippen molar-refractivity contribution in [1.29, 1.82) is 0 Å². The predicted octanol–water partition coefficient (Wildman–Crippen LogP) is 3.19. The number of aliphatic hydroxyl groups is 2. The molecule has 0 atom stereocenters. The van der Waals surface area contributed by atoms with Crippen LogP contribution in [0.25, 0.3) is 19.1 Å². The zero-order chi connectivity index (χ0) is 13.2. The summed E-state index contributed by atoms with van der Waals surface area (Å²) in [5, 5.41) is 18.2. The molecule has 0 saturated heterocycles. The first-order valence-corrected chi connectivity index (χ1v) is 9.14.